The van der Waals surface area contributed by atoms with Crippen LogP contribution in [0.15, 0.2) is 47.3 Å². The van der Waals surface area contributed by atoms with Crippen LogP contribution < -0.4 is 0 Å². The molecule has 0 unspecified atom stereocenters. The second-order valence-corrected chi connectivity index (χ2v) is 11.3. The Hall–Kier alpha value is -3.79. The van der Waals surface area contributed by atoms with Gasteiger partial charge in [-0.05, 0) is 77.4 Å². The Balaban J connectivity index is 1.27. The maximum atomic E-state index is 13.6. The third-order valence-electron chi connectivity index (χ3n) is 7.79. The van der Waals surface area contributed by atoms with E-state index in [1.54, 1.807) is 22.0 Å². The molecule has 0 bridgehead atoms. The SMILES string of the molecule is CC(=O)c1nn(CC(=O)N2C[C@@H]3C[C@@H]3[C@H]2C(=O)Cc2nc(Br)ccc2C)c2ccc(-c3cnc(C)nc3)cc12. The molecule has 3 atom stereocenters. The molecule has 0 spiro atoms. The lowest BCUT2D eigenvalue weighted by atomic mass is 10.0. The number of halogens is 1. The molecule has 6 rings (SSSR count). The lowest BCUT2D eigenvalue weighted by Crippen LogP contribution is -2.45. The molecule has 39 heavy (non-hydrogen) atoms. The van der Waals surface area contributed by atoms with E-state index in [9.17, 15) is 14.4 Å². The average Bonchev–Trinajstić information content (AvgIpc) is 3.41. The van der Waals surface area contributed by atoms with Gasteiger partial charge in [0.05, 0.1) is 23.7 Å². The lowest BCUT2D eigenvalue weighted by Gasteiger charge is -2.27. The minimum absolute atomic E-state index is 0.0155. The van der Waals surface area contributed by atoms with E-state index in [-0.39, 0.29) is 36.4 Å². The Bertz CT molecular complexity index is 1650. The van der Waals surface area contributed by atoms with E-state index in [4.69, 9.17) is 0 Å². The zero-order valence-electron chi connectivity index (χ0n) is 21.9. The van der Waals surface area contributed by atoms with Crippen LogP contribution in [-0.2, 0) is 22.6 Å². The van der Waals surface area contributed by atoms with Gasteiger partial charge in [-0.1, -0.05) is 12.1 Å². The minimum atomic E-state index is -0.454. The van der Waals surface area contributed by atoms with E-state index in [0.29, 0.717) is 39.5 Å². The first kappa shape index (κ1) is 25.5. The van der Waals surface area contributed by atoms with Crippen molar-refractivity contribution >= 4 is 44.3 Å². The number of carbonyl (C=O) groups excluding carboxylic acids is 3. The van der Waals surface area contributed by atoms with Crippen LogP contribution >= 0.6 is 15.9 Å². The first-order chi connectivity index (χ1) is 18.7. The van der Waals surface area contributed by atoms with Gasteiger partial charge >= 0.3 is 0 Å². The Morgan fingerprint density at radius 3 is 2.56 bits per heavy atom. The van der Waals surface area contributed by atoms with Crippen molar-refractivity contribution in [1.82, 2.24) is 29.6 Å². The monoisotopic (exact) mass is 586 g/mol. The molecule has 10 heteroatoms. The van der Waals surface area contributed by atoms with Crippen LogP contribution in [0.5, 0.6) is 0 Å². The lowest BCUT2D eigenvalue weighted by molar-refractivity contribution is -0.139. The molecule has 2 fully saturated rings. The van der Waals surface area contributed by atoms with Crippen molar-refractivity contribution in [3.63, 3.8) is 0 Å². The quantitative estimate of drug-likeness (QED) is 0.236. The van der Waals surface area contributed by atoms with Crippen molar-refractivity contribution in [2.45, 2.75) is 46.2 Å². The number of piperidine rings is 1. The number of fused-ring (bicyclic) bond motifs is 2. The summed E-state index contributed by atoms with van der Waals surface area (Å²) in [5, 5.41) is 5.19. The topological polar surface area (TPSA) is 111 Å². The molecule has 1 aliphatic heterocycles. The summed E-state index contributed by atoms with van der Waals surface area (Å²) in [6.07, 6.45) is 4.64. The molecule has 4 aromatic rings. The molecule has 4 heterocycles. The number of Topliss-reactive ketones (excluding diaryl/α,β-unsaturated/α-hetero) is 2. The number of hydrogen-bond donors (Lipinski definition) is 0. The normalized spacial score (nSPS) is 19.8. The average molecular weight is 587 g/mol. The van der Waals surface area contributed by atoms with Gasteiger partial charge < -0.3 is 4.90 Å². The fourth-order valence-corrected chi connectivity index (χ4v) is 5.97. The van der Waals surface area contributed by atoms with Crippen molar-refractivity contribution in [3.8, 4) is 11.1 Å². The summed E-state index contributed by atoms with van der Waals surface area (Å²) in [6.45, 7) is 5.75. The van der Waals surface area contributed by atoms with E-state index < -0.39 is 6.04 Å². The van der Waals surface area contributed by atoms with Crippen molar-refractivity contribution < 1.29 is 14.4 Å². The molecule has 2 aliphatic rings. The number of hydrogen-bond acceptors (Lipinski definition) is 7. The van der Waals surface area contributed by atoms with Crippen LogP contribution in [0.25, 0.3) is 22.0 Å². The van der Waals surface area contributed by atoms with E-state index >= 15 is 0 Å². The fourth-order valence-electron chi connectivity index (χ4n) is 5.63. The molecule has 0 radical (unpaired) electrons. The summed E-state index contributed by atoms with van der Waals surface area (Å²) in [5.41, 5.74) is 4.36. The predicted octanol–water partition coefficient (Wildman–Crippen LogP) is 4.13. The summed E-state index contributed by atoms with van der Waals surface area (Å²) in [7, 11) is 0. The molecule has 1 aliphatic carbocycles. The van der Waals surface area contributed by atoms with Crippen LogP contribution in [-0.4, -0.2) is 59.7 Å². The third kappa shape index (κ3) is 4.78. The van der Waals surface area contributed by atoms with Crippen LogP contribution in [0.1, 0.15) is 40.9 Å². The number of pyridine rings is 1. The number of aryl methyl sites for hydroxylation is 2. The summed E-state index contributed by atoms with van der Waals surface area (Å²) < 4.78 is 2.26. The van der Waals surface area contributed by atoms with Gasteiger partial charge in [-0.15, -0.1) is 0 Å². The van der Waals surface area contributed by atoms with Gasteiger partial charge in [-0.2, -0.15) is 5.10 Å². The van der Waals surface area contributed by atoms with E-state index in [1.807, 2.05) is 44.2 Å². The number of rotatable bonds is 7. The second kappa shape index (κ2) is 9.75. The Morgan fingerprint density at radius 2 is 1.82 bits per heavy atom. The Morgan fingerprint density at radius 1 is 1.05 bits per heavy atom. The van der Waals surface area contributed by atoms with E-state index in [1.165, 1.54) is 6.92 Å². The first-order valence-corrected chi connectivity index (χ1v) is 13.7. The molecule has 1 aromatic carbocycles. The maximum Gasteiger partial charge on any atom is 0.244 e. The highest BCUT2D eigenvalue weighted by molar-refractivity contribution is 9.10. The van der Waals surface area contributed by atoms with Crippen molar-refractivity contribution in [1.29, 1.82) is 0 Å². The molecular formula is C29H27BrN6O3. The number of benzene rings is 1. The smallest absolute Gasteiger partial charge is 0.244 e. The van der Waals surface area contributed by atoms with Crippen molar-refractivity contribution in [2.24, 2.45) is 11.8 Å². The highest BCUT2D eigenvalue weighted by Crippen LogP contribution is 2.50. The fraction of sp³-hybridized carbons (Fsp3) is 0.345. The van der Waals surface area contributed by atoms with Gasteiger partial charge in [0.1, 0.15) is 22.7 Å². The number of amides is 1. The molecule has 0 N–H and O–H groups in total. The number of ketones is 2. The van der Waals surface area contributed by atoms with E-state index in [2.05, 4.69) is 36.0 Å². The highest BCUT2D eigenvalue weighted by Gasteiger charge is 2.56. The number of carbonyl (C=O) groups is 3. The van der Waals surface area contributed by atoms with Crippen molar-refractivity contribution in [2.75, 3.05) is 6.54 Å². The maximum absolute atomic E-state index is 13.6. The van der Waals surface area contributed by atoms with Crippen LogP contribution in [0.3, 0.4) is 0 Å². The molecule has 3 aromatic heterocycles. The molecule has 1 saturated carbocycles. The summed E-state index contributed by atoms with van der Waals surface area (Å²) >= 11 is 3.39. The number of likely N-dealkylation sites (tertiary alicyclic amines) is 1. The molecule has 1 amide bonds. The van der Waals surface area contributed by atoms with Gasteiger partial charge in [0.15, 0.2) is 11.6 Å². The second-order valence-electron chi connectivity index (χ2n) is 10.5. The first-order valence-electron chi connectivity index (χ1n) is 12.9. The molecular weight excluding hydrogens is 560 g/mol. The van der Waals surface area contributed by atoms with Crippen LogP contribution in [0.2, 0.25) is 0 Å². The van der Waals surface area contributed by atoms with Gasteiger partial charge in [-0.25, -0.2) is 15.0 Å². The summed E-state index contributed by atoms with van der Waals surface area (Å²) in [6, 6.07) is 9.00. The molecule has 198 valence electrons. The van der Waals surface area contributed by atoms with Gasteiger partial charge in [0, 0.05) is 36.8 Å². The summed E-state index contributed by atoms with van der Waals surface area (Å²) in [5.74, 6) is 0.902. The zero-order chi connectivity index (χ0) is 27.4. The molecule has 1 saturated heterocycles. The zero-order valence-corrected chi connectivity index (χ0v) is 23.5. The number of aromatic nitrogens is 5. The Kier molecular flexibility index (Phi) is 6.37. The Labute approximate surface area is 233 Å². The third-order valence-corrected chi connectivity index (χ3v) is 8.23. The van der Waals surface area contributed by atoms with Gasteiger partial charge in [0.2, 0.25) is 5.91 Å². The van der Waals surface area contributed by atoms with Crippen LogP contribution in [0.4, 0.5) is 0 Å². The van der Waals surface area contributed by atoms with Gasteiger partial charge in [-0.3, -0.25) is 19.1 Å². The largest absolute Gasteiger partial charge is 0.330 e. The molecule has 9 nitrogen and oxygen atoms in total. The highest BCUT2D eigenvalue weighted by atomic mass is 79.9. The predicted molar refractivity (Wildman–Crippen MR) is 148 cm³/mol. The minimum Gasteiger partial charge on any atom is -0.330 e. The van der Waals surface area contributed by atoms with Gasteiger partial charge in [0.25, 0.3) is 0 Å². The van der Waals surface area contributed by atoms with Crippen molar-refractivity contribution in [3.05, 3.63) is 70.1 Å². The summed E-state index contributed by atoms with van der Waals surface area (Å²) in [4.78, 5) is 54.3. The van der Waals surface area contributed by atoms with E-state index in [0.717, 1.165) is 28.8 Å². The number of nitrogens with zero attached hydrogens (tertiary/aromatic N) is 6. The standard InChI is InChI=1S/C29H27BrN6O3/c1-15-4-7-26(30)33-23(15)10-25(38)29-21-9-19(21)13-35(29)27(39)14-36-24-6-5-18(20-11-31-17(3)32-12-20)8-22(24)28(34-36)16(2)37/h4-8,11-12,19,21,29H,9-10,13-14H2,1-3H3/t19-,21-,29-/m0/s1. The van der Waals surface area contributed by atoms with Crippen LogP contribution in [0, 0.1) is 25.7 Å².